The maximum atomic E-state index is 11.8. The molecule has 5 heteroatoms. The number of aromatic nitrogens is 2. The summed E-state index contributed by atoms with van der Waals surface area (Å²) in [6.07, 6.45) is 5.41. The van der Waals surface area contributed by atoms with Crippen LogP contribution in [0, 0.1) is 6.92 Å². The van der Waals surface area contributed by atoms with Gasteiger partial charge in [0.25, 0.3) is 0 Å². The number of esters is 1. The van der Waals surface area contributed by atoms with Gasteiger partial charge < -0.3 is 10.1 Å². The fourth-order valence-corrected chi connectivity index (χ4v) is 2.71. The van der Waals surface area contributed by atoms with Crippen molar-refractivity contribution < 1.29 is 9.53 Å². The van der Waals surface area contributed by atoms with Crippen LogP contribution in [0.15, 0.2) is 61.1 Å². The highest BCUT2D eigenvalue weighted by atomic mass is 16.5. The van der Waals surface area contributed by atoms with E-state index in [2.05, 4.69) is 28.3 Å². The molecule has 0 saturated heterocycles. The van der Waals surface area contributed by atoms with Gasteiger partial charge in [-0.3, -0.25) is 9.97 Å². The summed E-state index contributed by atoms with van der Waals surface area (Å²) in [4.78, 5) is 20.5. The molecule has 1 atom stereocenters. The maximum Gasteiger partial charge on any atom is 0.337 e. The number of nitrogens with zero attached hydrogens (tertiary/aromatic N) is 2. The second kappa shape index (κ2) is 7.78. The van der Waals surface area contributed by atoms with Crippen molar-refractivity contribution in [3.05, 3.63) is 77.7 Å². The van der Waals surface area contributed by atoms with Crippen LogP contribution in [-0.4, -0.2) is 23.0 Å². The van der Waals surface area contributed by atoms with Crippen LogP contribution >= 0.6 is 0 Å². The Labute approximate surface area is 153 Å². The molecule has 0 unspecified atom stereocenters. The van der Waals surface area contributed by atoms with Crippen LogP contribution < -0.4 is 5.32 Å². The summed E-state index contributed by atoms with van der Waals surface area (Å²) >= 11 is 0. The standard InChI is InChI=1S/C21H21N3O2/c1-14-7-8-16(21(25)26-3)11-20(14)24-15(2)17-10-18(13-22-12-17)19-6-4-5-9-23-19/h4-13,15,24H,1-3H3/t15-/m0/s1. The molecule has 0 aliphatic carbocycles. The van der Waals surface area contributed by atoms with E-state index >= 15 is 0 Å². The zero-order chi connectivity index (χ0) is 18.5. The molecule has 132 valence electrons. The number of carbonyl (C=O) groups excluding carboxylic acids is 1. The van der Waals surface area contributed by atoms with Crippen LogP contribution in [0.4, 0.5) is 5.69 Å². The van der Waals surface area contributed by atoms with E-state index < -0.39 is 0 Å². The summed E-state index contributed by atoms with van der Waals surface area (Å²) in [6.45, 7) is 4.06. The Morgan fingerprint density at radius 3 is 2.73 bits per heavy atom. The Kier molecular flexibility index (Phi) is 5.27. The molecular weight excluding hydrogens is 326 g/mol. The highest BCUT2D eigenvalue weighted by molar-refractivity contribution is 5.90. The summed E-state index contributed by atoms with van der Waals surface area (Å²) in [5.41, 5.74) is 5.36. The van der Waals surface area contributed by atoms with E-state index in [0.717, 1.165) is 28.1 Å². The molecule has 2 heterocycles. The predicted molar refractivity (Wildman–Crippen MR) is 102 cm³/mol. The first-order chi connectivity index (χ1) is 12.6. The number of carbonyl (C=O) groups is 1. The Bertz CT molecular complexity index is 910. The molecule has 0 spiro atoms. The molecule has 0 bridgehead atoms. The number of benzene rings is 1. The average Bonchev–Trinajstić information content (AvgIpc) is 2.69. The van der Waals surface area contributed by atoms with Crippen LogP contribution in [0.2, 0.25) is 0 Å². The minimum Gasteiger partial charge on any atom is -0.465 e. The topological polar surface area (TPSA) is 64.1 Å². The van der Waals surface area contributed by atoms with Crippen LogP contribution in [0.3, 0.4) is 0 Å². The monoisotopic (exact) mass is 347 g/mol. The summed E-state index contributed by atoms with van der Waals surface area (Å²) in [5.74, 6) is -0.348. The third kappa shape index (κ3) is 3.88. The lowest BCUT2D eigenvalue weighted by Crippen LogP contribution is -2.10. The number of nitrogens with one attached hydrogen (secondary N) is 1. The first kappa shape index (κ1) is 17.6. The third-order valence-electron chi connectivity index (χ3n) is 4.25. The lowest BCUT2D eigenvalue weighted by Gasteiger charge is -2.18. The molecule has 0 radical (unpaired) electrons. The summed E-state index contributed by atoms with van der Waals surface area (Å²) in [6, 6.07) is 13.4. The highest BCUT2D eigenvalue weighted by Crippen LogP contribution is 2.25. The summed E-state index contributed by atoms with van der Waals surface area (Å²) in [7, 11) is 1.38. The van der Waals surface area contributed by atoms with Gasteiger partial charge in [0.15, 0.2) is 0 Å². The average molecular weight is 347 g/mol. The third-order valence-corrected chi connectivity index (χ3v) is 4.25. The van der Waals surface area contributed by atoms with Gasteiger partial charge in [-0.05, 0) is 55.3 Å². The minimum absolute atomic E-state index is 0.0118. The molecule has 5 nitrogen and oxygen atoms in total. The quantitative estimate of drug-likeness (QED) is 0.693. The van der Waals surface area contributed by atoms with E-state index in [1.807, 2.05) is 49.6 Å². The van der Waals surface area contributed by atoms with Crippen LogP contribution in [0.1, 0.15) is 34.5 Å². The largest absolute Gasteiger partial charge is 0.465 e. The van der Waals surface area contributed by atoms with Crippen molar-refractivity contribution in [3.63, 3.8) is 0 Å². The van der Waals surface area contributed by atoms with Crippen LogP contribution in [-0.2, 0) is 4.74 Å². The molecule has 26 heavy (non-hydrogen) atoms. The van der Waals surface area contributed by atoms with Crippen molar-refractivity contribution >= 4 is 11.7 Å². The van der Waals surface area contributed by atoms with E-state index in [-0.39, 0.29) is 12.0 Å². The van der Waals surface area contributed by atoms with Crippen LogP contribution in [0.25, 0.3) is 11.3 Å². The summed E-state index contributed by atoms with van der Waals surface area (Å²) < 4.78 is 4.80. The van der Waals surface area contributed by atoms with Gasteiger partial charge in [0.05, 0.1) is 24.4 Å². The van der Waals surface area contributed by atoms with E-state index in [0.29, 0.717) is 5.56 Å². The second-order valence-electron chi connectivity index (χ2n) is 6.11. The van der Waals surface area contributed by atoms with E-state index in [1.54, 1.807) is 12.3 Å². The Hall–Kier alpha value is -3.21. The first-order valence-corrected chi connectivity index (χ1v) is 8.40. The molecule has 3 aromatic rings. The molecule has 3 rings (SSSR count). The SMILES string of the molecule is COC(=O)c1ccc(C)c(N[C@@H](C)c2cncc(-c3ccccn3)c2)c1. The number of hydrogen-bond donors (Lipinski definition) is 1. The molecule has 2 aromatic heterocycles. The number of rotatable bonds is 5. The second-order valence-corrected chi connectivity index (χ2v) is 6.11. The van der Waals surface area contributed by atoms with Crippen molar-refractivity contribution in [3.8, 4) is 11.3 Å². The van der Waals surface area contributed by atoms with Crippen molar-refractivity contribution in [2.45, 2.75) is 19.9 Å². The lowest BCUT2D eigenvalue weighted by molar-refractivity contribution is 0.0601. The zero-order valence-corrected chi connectivity index (χ0v) is 15.1. The Balaban J connectivity index is 1.85. The van der Waals surface area contributed by atoms with Crippen molar-refractivity contribution in [2.24, 2.45) is 0 Å². The molecule has 1 aromatic carbocycles. The smallest absolute Gasteiger partial charge is 0.337 e. The molecule has 0 aliphatic rings. The number of methoxy groups -OCH3 is 1. The van der Waals surface area contributed by atoms with Gasteiger partial charge in [-0.15, -0.1) is 0 Å². The van der Waals surface area contributed by atoms with Crippen molar-refractivity contribution in [2.75, 3.05) is 12.4 Å². The fraction of sp³-hybridized carbons (Fsp3) is 0.190. The molecule has 1 N–H and O–H groups in total. The molecule has 0 fully saturated rings. The molecule has 0 saturated carbocycles. The van der Waals surface area contributed by atoms with Gasteiger partial charge in [-0.25, -0.2) is 4.79 Å². The highest BCUT2D eigenvalue weighted by Gasteiger charge is 2.12. The van der Waals surface area contributed by atoms with Gasteiger partial charge in [-0.1, -0.05) is 12.1 Å². The zero-order valence-electron chi connectivity index (χ0n) is 15.1. The fourth-order valence-electron chi connectivity index (χ4n) is 2.71. The Morgan fingerprint density at radius 2 is 2.00 bits per heavy atom. The van der Waals surface area contributed by atoms with Crippen molar-refractivity contribution in [1.82, 2.24) is 9.97 Å². The predicted octanol–water partition coefficient (Wildman–Crippen LogP) is 4.41. The minimum atomic E-state index is -0.348. The van der Waals surface area contributed by atoms with E-state index in [9.17, 15) is 4.79 Å². The van der Waals surface area contributed by atoms with Crippen LogP contribution in [0.5, 0.6) is 0 Å². The maximum absolute atomic E-state index is 11.8. The number of ether oxygens (including phenoxy) is 1. The number of hydrogen-bond acceptors (Lipinski definition) is 5. The Morgan fingerprint density at radius 1 is 1.15 bits per heavy atom. The molecular formula is C21H21N3O2. The number of pyridine rings is 2. The molecule has 0 amide bonds. The van der Waals surface area contributed by atoms with E-state index in [4.69, 9.17) is 4.74 Å². The van der Waals surface area contributed by atoms with Gasteiger partial charge in [-0.2, -0.15) is 0 Å². The first-order valence-electron chi connectivity index (χ1n) is 8.40. The van der Waals surface area contributed by atoms with E-state index in [1.165, 1.54) is 7.11 Å². The number of anilines is 1. The number of aryl methyl sites for hydroxylation is 1. The molecule has 0 aliphatic heterocycles. The van der Waals surface area contributed by atoms with Gasteiger partial charge in [0.2, 0.25) is 0 Å². The van der Waals surface area contributed by atoms with Gasteiger partial charge in [0.1, 0.15) is 0 Å². The normalized spacial score (nSPS) is 11.7. The summed E-state index contributed by atoms with van der Waals surface area (Å²) in [5, 5.41) is 3.46. The van der Waals surface area contributed by atoms with Crippen molar-refractivity contribution in [1.29, 1.82) is 0 Å². The van der Waals surface area contributed by atoms with Gasteiger partial charge in [0, 0.05) is 29.8 Å². The lowest BCUT2D eigenvalue weighted by atomic mass is 10.0. The van der Waals surface area contributed by atoms with Gasteiger partial charge >= 0.3 is 5.97 Å².